The number of carboxylic acids is 1. The number of rotatable bonds is 6. The minimum Gasteiger partial charge on any atom is -0.481 e. The summed E-state index contributed by atoms with van der Waals surface area (Å²) in [6.45, 7) is 1.17. The lowest BCUT2D eigenvalue weighted by Gasteiger charge is -2.23. The van der Waals surface area contributed by atoms with Crippen molar-refractivity contribution in [3.63, 3.8) is 0 Å². The molecule has 1 N–H and O–H groups in total. The van der Waals surface area contributed by atoms with Crippen LogP contribution in [-0.2, 0) is 25.7 Å². The molecule has 0 aliphatic carbocycles. The smallest absolute Gasteiger partial charge is 0.325 e. The molecule has 108 valence electrons. The number of methoxy groups -OCH3 is 1. The Bertz CT molecular complexity index is 486. The van der Waals surface area contributed by atoms with Gasteiger partial charge >= 0.3 is 11.9 Å². The third-order valence-corrected chi connectivity index (χ3v) is 2.82. The maximum absolute atomic E-state index is 12.1. The Morgan fingerprint density at radius 2 is 1.85 bits per heavy atom. The van der Waals surface area contributed by atoms with Crippen LogP contribution in [0, 0.1) is 5.92 Å². The maximum Gasteiger partial charge on any atom is 0.325 e. The number of hydrogen-bond acceptors (Lipinski definition) is 4. The fourth-order valence-corrected chi connectivity index (χ4v) is 1.62. The second-order valence-corrected chi connectivity index (χ2v) is 4.32. The van der Waals surface area contributed by atoms with Gasteiger partial charge in [-0.3, -0.25) is 14.4 Å². The van der Waals surface area contributed by atoms with Crippen molar-refractivity contribution in [3.8, 4) is 0 Å². The van der Waals surface area contributed by atoms with Crippen LogP contribution in [0.4, 0.5) is 0 Å². The van der Waals surface area contributed by atoms with Crippen LogP contribution in [0.5, 0.6) is 0 Å². The van der Waals surface area contributed by atoms with Gasteiger partial charge in [-0.2, -0.15) is 0 Å². The SMILES string of the molecule is COC(=O)CN(Cc1ccccc1)C(=O)C(C)C(=O)O. The predicted octanol–water partition coefficient (Wildman–Crippen LogP) is 0.909. The Hall–Kier alpha value is -2.37. The highest BCUT2D eigenvalue weighted by Gasteiger charge is 2.27. The maximum atomic E-state index is 12.1. The van der Waals surface area contributed by atoms with Crippen molar-refractivity contribution in [3.05, 3.63) is 35.9 Å². The highest BCUT2D eigenvalue weighted by Crippen LogP contribution is 2.09. The highest BCUT2D eigenvalue weighted by atomic mass is 16.5. The second kappa shape index (κ2) is 7.28. The highest BCUT2D eigenvalue weighted by molar-refractivity contribution is 5.97. The van der Waals surface area contributed by atoms with E-state index < -0.39 is 23.8 Å². The van der Waals surface area contributed by atoms with Crippen LogP contribution in [0.25, 0.3) is 0 Å². The van der Waals surface area contributed by atoms with Crippen LogP contribution in [-0.4, -0.2) is 41.5 Å². The van der Waals surface area contributed by atoms with E-state index >= 15 is 0 Å². The monoisotopic (exact) mass is 279 g/mol. The summed E-state index contributed by atoms with van der Waals surface area (Å²) < 4.78 is 4.53. The van der Waals surface area contributed by atoms with Crippen molar-refractivity contribution in [1.29, 1.82) is 0 Å². The molecule has 0 heterocycles. The topological polar surface area (TPSA) is 83.9 Å². The van der Waals surface area contributed by atoms with Gasteiger partial charge in [-0.1, -0.05) is 30.3 Å². The van der Waals surface area contributed by atoms with Gasteiger partial charge in [-0.15, -0.1) is 0 Å². The number of carboxylic acid groups (broad SMARTS) is 1. The number of nitrogens with zero attached hydrogens (tertiary/aromatic N) is 1. The quantitative estimate of drug-likeness (QED) is 0.618. The number of benzene rings is 1. The Balaban J connectivity index is 2.87. The molecule has 0 spiro atoms. The van der Waals surface area contributed by atoms with Crippen LogP contribution >= 0.6 is 0 Å². The Morgan fingerprint density at radius 3 is 2.35 bits per heavy atom. The second-order valence-electron chi connectivity index (χ2n) is 4.32. The molecule has 1 amide bonds. The molecule has 1 aromatic carbocycles. The molecule has 0 radical (unpaired) electrons. The molecule has 1 rings (SSSR count). The summed E-state index contributed by atoms with van der Waals surface area (Å²) in [6, 6.07) is 9.02. The molecule has 20 heavy (non-hydrogen) atoms. The van der Waals surface area contributed by atoms with Crippen molar-refractivity contribution < 1.29 is 24.2 Å². The lowest BCUT2D eigenvalue weighted by molar-refractivity contribution is -0.155. The van der Waals surface area contributed by atoms with E-state index in [9.17, 15) is 14.4 Å². The van der Waals surface area contributed by atoms with Crippen LogP contribution in [0.3, 0.4) is 0 Å². The standard InChI is InChI=1S/C14H17NO5/c1-10(14(18)19)13(17)15(9-12(16)20-2)8-11-6-4-3-5-7-11/h3-7,10H,8-9H2,1-2H3,(H,18,19). The van der Waals surface area contributed by atoms with Crippen molar-refractivity contribution >= 4 is 17.8 Å². The van der Waals surface area contributed by atoms with E-state index in [0.717, 1.165) is 5.56 Å². The van der Waals surface area contributed by atoms with E-state index in [2.05, 4.69) is 4.74 Å². The summed E-state index contributed by atoms with van der Waals surface area (Å²) in [7, 11) is 1.22. The van der Waals surface area contributed by atoms with Gasteiger partial charge in [-0.05, 0) is 12.5 Å². The van der Waals surface area contributed by atoms with E-state index in [4.69, 9.17) is 5.11 Å². The van der Waals surface area contributed by atoms with Crippen molar-refractivity contribution in [2.24, 2.45) is 5.92 Å². The van der Waals surface area contributed by atoms with Crippen LogP contribution in [0.1, 0.15) is 12.5 Å². The Labute approximate surface area is 117 Å². The lowest BCUT2D eigenvalue weighted by Crippen LogP contribution is -2.41. The molecule has 0 saturated heterocycles. The average Bonchev–Trinajstić information content (AvgIpc) is 2.45. The molecule has 1 unspecified atom stereocenters. The Morgan fingerprint density at radius 1 is 1.25 bits per heavy atom. The third-order valence-electron chi connectivity index (χ3n) is 2.82. The first-order valence-corrected chi connectivity index (χ1v) is 6.08. The van der Waals surface area contributed by atoms with Crippen molar-refractivity contribution in [1.82, 2.24) is 4.90 Å². The van der Waals surface area contributed by atoms with Gasteiger partial charge in [0.1, 0.15) is 12.5 Å². The molecule has 0 aliphatic heterocycles. The lowest BCUT2D eigenvalue weighted by atomic mass is 10.1. The number of amides is 1. The molecule has 6 nitrogen and oxygen atoms in total. The van der Waals surface area contributed by atoms with Gasteiger partial charge in [0, 0.05) is 6.54 Å². The third kappa shape index (κ3) is 4.38. The number of esters is 1. The van der Waals surface area contributed by atoms with Crippen molar-refractivity contribution in [2.75, 3.05) is 13.7 Å². The van der Waals surface area contributed by atoms with Crippen LogP contribution < -0.4 is 0 Å². The van der Waals surface area contributed by atoms with E-state index in [0.29, 0.717) is 0 Å². The van der Waals surface area contributed by atoms with Crippen LogP contribution in [0.2, 0.25) is 0 Å². The summed E-state index contributed by atoms with van der Waals surface area (Å²) in [5, 5.41) is 8.90. The van der Waals surface area contributed by atoms with Crippen LogP contribution in [0.15, 0.2) is 30.3 Å². The normalized spacial score (nSPS) is 11.5. The minimum absolute atomic E-state index is 0.159. The number of hydrogen-bond donors (Lipinski definition) is 1. The first-order chi connectivity index (χ1) is 9.45. The van der Waals surface area contributed by atoms with Gasteiger partial charge in [0.05, 0.1) is 7.11 Å². The van der Waals surface area contributed by atoms with E-state index in [1.54, 1.807) is 24.3 Å². The summed E-state index contributed by atoms with van der Waals surface area (Å²) in [5.74, 6) is -3.64. The first-order valence-electron chi connectivity index (χ1n) is 6.08. The largest absolute Gasteiger partial charge is 0.481 e. The van der Waals surface area contributed by atoms with Crippen molar-refractivity contribution in [2.45, 2.75) is 13.5 Å². The average molecular weight is 279 g/mol. The Kier molecular flexibility index (Phi) is 5.71. The molecule has 0 fully saturated rings. The molecule has 0 bridgehead atoms. The van der Waals surface area contributed by atoms with Gasteiger partial charge in [0.2, 0.25) is 5.91 Å². The molecular weight excluding hydrogens is 262 g/mol. The fraction of sp³-hybridized carbons (Fsp3) is 0.357. The van der Waals surface area contributed by atoms with Gasteiger partial charge in [0.25, 0.3) is 0 Å². The summed E-state index contributed by atoms with van der Waals surface area (Å²) in [6.07, 6.45) is 0. The molecule has 1 aromatic rings. The van der Waals surface area contributed by atoms with E-state index in [-0.39, 0.29) is 13.1 Å². The molecule has 6 heteroatoms. The molecule has 0 aliphatic rings. The summed E-state index contributed by atoms with van der Waals surface area (Å²) in [4.78, 5) is 35.5. The zero-order valence-corrected chi connectivity index (χ0v) is 11.4. The van der Waals surface area contributed by atoms with Gasteiger partial charge in [0.15, 0.2) is 0 Å². The zero-order valence-electron chi connectivity index (χ0n) is 11.4. The number of aliphatic carboxylic acids is 1. The number of carbonyl (C=O) groups excluding carboxylic acids is 2. The fourth-order valence-electron chi connectivity index (χ4n) is 1.62. The summed E-state index contributed by atoms with van der Waals surface area (Å²) in [5.41, 5.74) is 0.808. The van der Waals surface area contributed by atoms with E-state index in [1.807, 2.05) is 6.07 Å². The first kappa shape index (κ1) is 15.7. The molecule has 1 atom stereocenters. The summed E-state index contributed by atoms with van der Waals surface area (Å²) >= 11 is 0. The predicted molar refractivity (Wildman–Crippen MR) is 70.7 cm³/mol. The number of carbonyl (C=O) groups is 3. The minimum atomic E-state index is -1.22. The zero-order chi connectivity index (χ0) is 15.1. The van der Waals surface area contributed by atoms with Gasteiger partial charge < -0.3 is 14.7 Å². The molecule has 0 aromatic heterocycles. The molecule has 0 saturated carbocycles. The van der Waals surface area contributed by atoms with Gasteiger partial charge in [-0.25, -0.2) is 0 Å². The molecular formula is C14H17NO5. The van der Waals surface area contributed by atoms with E-state index in [1.165, 1.54) is 18.9 Å². The number of ether oxygens (including phenoxy) is 1.